The van der Waals surface area contributed by atoms with Crippen LogP contribution >= 0.6 is 0 Å². The number of aromatic nitrogens is 4. The Morgan fingerprint density at radius 2 is 2.20 bits per heavy atom. The van der Waals surface area contributed by atoms with Crippen LogP contribution in [-0.4, -0.2) is 27.2 Å². The predicted molar refractivity (Wildman–Crippen MR) is 75.7 cm³/mol. The van der Waals surface area contributed by atoms with E-state index in [0.29, 0.717) is 23.0 Å². The number of anilines is 3. The minimum absolute atomic E-state index is 0.487. The Morgan fingerprint density at radius 3 is 3.00 bits per heavy atom. The van der Waals surface area contributed by atoms with Crippen LogP contribution in [0.4, 0.5) is 17.5 Å². The molecule has 20 heavy (non-hydrogen) atoms. The van der Waals surface area contributed by atoms with Crippen LogP contribution < -0.4 is 10.6 Å². The van der Waals surface area contributed by atoms with Crippen molar-refractivity contribution in [2.75, 3.05) is 17.7 Å². The van der Waals surface area contributed by atoms with Crippen LogP contribution in [-0.2, 0) is 0 Å². The quantitative estimate of drug-likeness (QED) is 0.669. The summed E-state index contributed by atoms with van der Waals surface area (Å²) in [5.74, 6) is 1.11. The van der Waals surface area contributed by atoms with Crippen LogP contribution in [0.2, 0.25) is 0 Å². The molecule has 0 aliphatic heterocycles. The van der Waals surface area contributed by atoms with E-state index >= 15 is 0 Å². The van der Waals surface area contributed by atoms with Gasteiger partial charge in [-0.1, -0.05) is 6.07 Å². The van der Waals surface area contributed by atoms with Crippen molar-refractivity contribution < 1.29 is 0 Å². The van der Waals surface area contributed by atoms with Gasteiger partial charge in [-0.25, -0.2) is 0 Å². The molecule has 0 amide bonds. The minimum Gasteiger partial charge on any atom is -0.357 e. The highest BCUT2D eigenvalue weighted by Gasteiger charge is 2.09. The maximum Gasteiger partial charge on any atom is 0.226 e. The highest BCUT2D eigenvalue weighted by Crippen LogP contribution is 2.24. The number of H-pyrrole nitrogens is 1. The molecule has 3 aromatic rings. The molecule has 0 aliphatic rings. The van der Waals surface area contributed by atoms with Gasteiger partial charge in [-0.15, -0.1) is 0 Å². The van der Waals surface area contributed by atoms with Crippen molar-refractivity contribution in [1.29, 1.82) is 5.26 Å². The molecule has 0 aliphatic carbocycles. The topological polar surface area (TPSA) is 102 Å². The van der Waals surface area contributed by atoms with E-state index in [0.717, 1.165) is 11.1 Å². The van der Waals surface area contributed by atoms with Crippen molar-refractivity contribution in [3.05, 3.63) is 36.0 Å². The lowest BCUT2D eigenvalue weighted by molar-refractivity contribution is 1.09. The third kappa shape index (κ3) is 2.10. The van der Waals surface area contributed by atoms with Gasteiger partial charge in [-0.3, -0.25) is 5.10 Å². The molecular weight excluding hydrogens is 254 g/mol. The smallest absolute Gasteiger partial charge is 0.226 e. The Bertz CT molecular complexity index is 800. The Hall–Kier alpha value is -3.14. The third-order valence-corrected chi connectivity index (χ3v) is 2.79. The summed E-state index contributed by atoms with van der Waals surface area (Å²) < 4.78 is 0. The number of rotatable bonds is 3. The first kappa shape index (κ1) is 11.9. The molecule has 0 bridgehead atoms. The van der Waals surface area contributed by atoms with Crippen molar-refractivity contribution in [2.24, 2.45) is 0 Å². The highest BCUT2D eigenvalue weighted by molar-refractivity contribution is 5.89. The van der Waals surface area contributed by atoms with E-state index in [4.69, 9.17) is 5.26 Å². The number of nitriles is 1. The maximum absolute atomic E-state index is 8.92. The first-order chi connectivity index (χ1) is 9.80. The zero-order chi connectivity index (χ0) is 13.9. The van der Waals surface area contributed by atoms with Crippen LogP contribution in [0.5, 0.6) is 0 Å². The van der Waals surface area contributed by atoms with Gasteiger partial charge in [0.15, 0.2) is 5.65 Å². The lowest BCUT2D eigenvalue weighted by atomic mass is 10.2. The first-order valence-corrected chi connectivity index (χ1v) is 5.96. The SMILES string of the molecule is CNc1nc(Nc2cccc(C#N)c2)c2cn[nH]c2n1. The lowest BCUT2D eigenvalue weighted by Gasteiger charge is -2.08. The molecule has 0 atom stereocenters. The zero-order valence-electron chi connectivity index (χ0n) is 10.7. The van der Waals surface area contributed by atoms with Gasteiger partial charge < -0.3 is 10.6 Å². The molecule has 3 N–H and O–H groups in total. The molecule has 98 valence electrons. The zero-order valence-corrected chi connectivity index (χ0v) is 10.7. The summed E-state index contributed by atoms with van der Waals surface area (Å²) >= 11 is 0. The van der Waals surface area contributed by atoms with Gasteiger partial charge in [0.25, 0.3) is 0 Å². The summed E-state index contributed by atoms with van der Waals surface area (Å²) in [7, 11) is 1.75. The molecule has 7 nitrogen and oxygen atoms in total. The fourth-order valence-electron chi connectivity index (χ4n) is 1.85. The molecule has 1 aromatic carbocycles. The number of nitrogens with one attached hydrogen (secondary N) is 3. The standard InChI is InChI=1S/C13H11N7/c1-15-13-18-11(10-7-16-20-12(10)19-13)17-9-4-2-3-8(5-9)6-14/h2-5,7H,1H3,(H3,15,16,17,18,19,20). The van der Waals surface area contributed by atoms with Crippen LogP contribution in [0.1, 0.15) is 5.56 Å². The number of aromatic amines is 1. The van der Waals surface area contributed by atoms with Crippen molar-refractivity contribution in [1.82, 2.24) is 20.2 Å². The number of fused-ring (bicyclic) bond motifs is 1. The Balaban J connectivity index is 2.05. The molecule has 2 aromatic heterocycles. The van der Waals surface area contributed by atoms with E-state index in [9.17, 15) is 0 Å². The molecule has 0 spiro atoms. The first-order valence-electron chi connectivity index (χ1n) is 5.96. The largest absolute Gasteiger partial charge is 0.357 e. The van der Waals surface area contributed by atoms with Crippen LogP contribution in [0, 0.1) is 11.3 Å². The number of benzene rings is 1. The van der Waals surface area contributed by atoms with Gasteiger partial charge in [-0.2, -0.15) is 20.3 Å². The lowest BCUT2D eigenvalue weighted by Crippen LogP contribution is -2.01. The van der Waals surface area contributed by atoms with Crippen molar-refractivity contribution in [3.63, 3.8) is 0 Å². The second-order valence-electron chi connectivity index (χ2n) is 4.10. The van der Waals surface area contributed by atoms with Crippen LogP contribution in [0.15, 0.2) is 30.5 Å². The maximum atomic E-state index is 8.92. The van der Waals surface area contributed by atoms with Gasteiger partial charge in [-0.05, 0) is 18.2 Å². The van der Waals surface area contributed by atoms with E-state index < -0.39 is 0 Å². The molecule has 0 radical (unpaired) electrons. The predicted octanol–water partition coefficient (Wildman–Crippen LogP) is 2.01. The summed E-state index contributed by atoms with van der Waals surface area (Å²) in [6.07, 6.45) is 1.66. The van der Waals surface area contributed by atoms with E-state index in [1.165, 1.54) is 0 Å². The molecule has 2 heterocycles. The highest BCUT2D eigenvalue weighted by atomic mass is 15.2. The Kier molecular flexibility index (Phi) is 2.89. The van der Waals surface area contributed by atoms with E-state index in [1.54, 1.807) is 25.4 Å². The fraction of sp³-hybridized carbons (Fsp3) is 0.0769. The van der Waals surface area contributed by atoms with Crippen molar-refractivity contribution in [2.45, 2.75) is 0 Å². The molecule has 0 saturated carbocycles. The molecule has 3 rings (SSSR count). The number of hydrogen-bond acceptors (Lipinski definition) is 6. The minimum atomic E-state index is 0.487. The van der Waals surface area contributed by atoms with Gasteiger partial charge in [0.05, 0.1) is 23.2 Å². The third-order valence-electron chi connectivity index (χ3n) is 2.79. The van der Waals surface area contributed by atoms with Gasteiger partial charge in [0.1, 0.15) is 5.82 Å². The summed E-state index contributed by atoms with van der Waals surface area (Å²) in [4.78, 5) is 8.62. The van der Waals surface area contributed by atoms with E-state index in [-0.39, 0.29) is 0 Å². The fourth-order valence-corrected chi connectivity index (χ4v) is 1.85. The normalized spacial score (nSPS) is 10.2. The van der Waals surface area contributed by atoms with Gasteiger partial charge in [0, 0.05) is 12.7 Å². The average Bonchev–Trinajstić information content (AvgIpc) is 2.96. The van der Waals surface area contributed by atoms with E-state index in [2.05, 4.69) is 36.9 Å². The van der Waals surface area contributed by atoms with Crippen molar-refractivity contribution >= 4 is 28.5 Å². The Labute approximate surface area is 114 Å². The summed E-state index contributed by atoms with van der Waals surface area (Å²) in [6.45, 7) is 0. The Morgan fingerprint density at radius 1 is 1.30 bits per heavy atom. The van der Waals surface area contributed by atoms with Crippen LogP contribution in [0.25, 0.3) is 11.0 Å². The van der Waals surface area contributed by atoms with Gasteiger partial charge >= 0.3 is 0 Å². The van der Waals surface area contributed by atoms with Crippen molar-refractivity contribution in [3.8, 4) is 6.07 Å². The molecular formula is C13H11N7. The number of hydrogen-bond donors (Lipinski definition) is 3. The summed E-state index contributed by atoms with van der Waals surface area (Å²) in [6, 6.07) is 9.29. The van der Waals surface area contributed by atoms with E-state index in [1.807, 2.05) is 12.1 Å². The summed E-state index contributed by atoms with van der Waals surface area (Å²) in [5.41, 5.74) is 2.01. The van der Waals surface area contributed by atoms with Gasteiger partial charge in [0.2, 0.25) is 5.95 Å². The molecule has 0 unspecified atom stereocenters. The second-order valence-corrected chi connectivity index (χ2v) is 4.10. The monoisotopic (exact) mass is 265 g/mol. The average molecular weight is 265 g/mol. The van der Waals surface area contributed by atoms with Crippen LogP contribution in [0.3, 0.4) is 0 Å². The summed E-state index contributed by atoms with van der Waals surface area (Å²) in [5, 5.41) is 22.6. The molecule has 0 fully saturated rings. The molecule has 0 saturated heterocycles. The second kappa shape index (κ2) is 4.85. The number of nitrogens with zero attached hydrogens (tertiary/aromatic N) is 4. The molecule has 7 heteroatoms.